The Morgan fingerprint density at radius 2 is 1.75 bits per heavy atom. The van der Waals surface area contributed by atoms with Crippen LogP contribution in [0.5, 0.6) is 0 Å². The number of anilines is 2. The molecule has 1 saturated carbocycles. The average Bonchev–Trinajstić information content (AvgIpc) is 3.14. The third-order valence-corrected chi connectivity index (χ3v) is 3.72. The second kappa shape index (κ2) is 5.63. The van der Waals surface area contributed by atoms with Crippen molar-refractivity contribution in [2.75, 3.05) is 17.2 Å². The third-order valence-electron chi connectivity index (χ3n) is 3.72. The highest BCUT2D eigenvalue weighted by Gasteiger charge is 2.29. The number of carbonyl (C=O) groups is 2. The molecule has 1 unspecified atom stereocenters. The van der Waals surface area contributed by atoms with Gasteiger partial charge >= 0.3 is 0 Å². The van der Waals surface area contributed by atoms with Crippen molar-refractivity contribution >= 4 is 23.2 Å². The zero-order chi connectivity index (χ0) is 13.9. The second-order valence-corrected chi connectivity index (χ2v) is 5.48. The molecule has 3 rings (SSSR count). The molecule has 5 nitrogen and oxygen atoms in total. The van der Waals surface area contributed by atoms with Gasteiger partial charge in [-0.2, -0.15) is 0 Å². The zero-order valence-electron chi connectivity index (χ0n) is 11.3. The smallest absolute Gasteiger partial charge is 0.241 e. The van der Waals surface area contributed by atoms with Crippen LogP contribution in [0.4, 0.5) is 11.4 Å². The van der Waals surface area contributed by atoms with Crippen molar-refractivity contribution < 1.29 is 9.59 Å². The Kier molecular flexibility index (Phi) is 3.69. The van der Waals surface area contributed by atoms with Gasteiger partial charge in [-0.25, -0.2) is 0 Å². The lowest BCUT2D eigenvalue weighted by atomic mass is 10.2. The van der Waals surface area contributed by atoms with Crippen LogP contribution in [0, 0.1) is 5.92 Å². The van der Waals surface area contributed by atoms with Crippen molar-refractivity contribution in [1.82, 2.24) is 5.32 Å². The number of benzene rings is 1. The Morgan fingerprint density at radius 3 is 2.35 bits per heavy atom. The molecule has 1 aliphatic carbocycles. The summed E-state index contributed by atoms with van der Waals surface area (Å²) in [5.41, 5.74) is 1.45. The van der Waals surface area contributed by atoms with Crippen LogP contribution in [0.1, 0.15) is 25.7 Å². The fourth-order valence-electron chi connectivity index (χ4n) is 2.40. The lowest BCUT2D eigenvalue weighted by molar-refractivity contribution is -0.118. The van der Waals surface area contributed by atoms with E-state index in [1.807, 2.05) is 18.2 Å². The molecule has 0 bridgehead atoms. The summed E-state index contributed by atoms with van der Waals surface area (Å²) in [6.45, 7) is 0.898. The first kappa shape index (κ1) is 13.1. The van der Waals surface area contributed by atoms with E-state index in [0.29, 0.717) is 0 Å². The van der Waals surface area contributed by atoms with Crippen LogP contribution in [-0.4, -0.2) is 24.4 Å². The molecule has 2 fully saturated rings. The van der Waals surface area contributed by atoms with E-state index in [1.165, 1.54) is 0 Å². The van der Waals surface area contributed by atoms with Gasteiger partial charge in [-0.05, 0) is 50.4 Å². The normalized spacial score (nSPS) is 21.5. The average molecular weight is 273 g/mol. The summed E-state index contributed by atoms with van der Waals surface area (Å²) in [4.78, 5) is 23.7. The molecule has 1 aromatic carbocycles. The molecular formula is C15H19N3O2. The van der Waals surface area contributed by atoms with E-state index >= 15 is 0 Å². The molecule has 0 radical (unpaired) electrons. The highest BCUT2D eigenvalue weighted by molar-refractivity contribution is 5.97. The molecule has 2 amide bonds. The highest BCUT2D eigenvalue weighted by Crippen LogP contribution is 2.30. The molecule has 0 spiro atoms. The van der Waals surface area contributed by atoms with Gasteiger partial charge in [0.1, 0.15) is 0 Å². The van der Waals surface area contributed by atoms with Crippen molar-refractivity contribution in [3.8, 4) is 0 Å². The standard InChI is InChI=1S/C15H19N3O2/c19-14(10-6-7-10)17-11-3-1-4-12(9-11)18-15(20)13-5-2-8-16-13/h1,3-4,9-10,13,16H,2,5-8H2,(H,17,19)(H,18,20). The molecule has 1 saturated heterocycles. The summed E-state index contributed by atoms with van der Waals surface area (Å²) in [6, 6.07) is 7.20. The van der Waals surface area contributed by atoms with E-state index in [4.69, 9.17) is 0 Å². The van der Waals surface area contributed by atoms with Crippen LogP contribution < -0.4 is 16.0 Å². The first-order chi connectivity index (χ1) is 9.72. The number of rotatable bonds is 4. The Bertz CT molecular complexity index is 520. The lowest BCUT2D eigenvalue weighted by Crippen LogP contribution is -2.35. The molecule has 5 heteroatoms. The SMILES string of the molecule is O=C(Nc1cccc(NC(=O)C2CCCN2)c1)C1CC1. The van der Waals surface area contributed by atoms with Gasteiger partial charge in [0, 0.05) is 17.3 Å². The van der Waals surface area contributed by atoms with Gasteiger partial charge in [0.25, 0.3) is 0 Å². The molecule has 2 aliphatic rings. The second-order valence-electron chi connectivity index (χ2n) is 5.48. The maximum atomic E-state index is 12.0. The predicted octanol–water partition coefficient (Wildman–Crippen LogP) is 1.73. The molecule has 1 atom stereocenters. The molecule has 1 aromatic rings. The Balaban J connectivity index is 1.61. The van der Waals surface area contributed by atoms with E-state index < -0.39 is 0 Å². The van der Waals surface area contributed by atoms with Gasteiger partial charge in [0.15, 0.2) is 0 Å². The summed E-state index contributed by atoms with van der Waals surface area (Å²) in [5.74, 6) is 0.245. The van der Waals surface area contributed by atoms with E-state index in [-0.39, 0.29) is 23.8 Å². The van der Waals surface area contributed by atoms with E-state index in [1.54, 1.807) is 6.07 Å². The summed E-state index contributed by atoms with van der Waals surface area (Å²) >= 11 is 0. The van der Waals surface area contributed by atoms with Crippen LogP contribution in [-0.2, 0) is 9.59 Å². The topological polar surface area (TPSA) is 70.2 Å². The lowest BCUT2D eigenvalue weighted by Gasteiger charge is -2.12. The van der Waals surface area contributed by atoms with E-state index in [2.05, 4.69) is 16.0 Å². The van der Waals surface area contributed by atoms with E-state index in [0.717, 1.165) is 43.6 Å². The summed E-state index contributed by atoms with van der Waals surface area (Å²) in [6.07, 6.45) is 3.88. The molecule has 3 N–H and O–H groups in total. The molecule has 20 heavy (non-hydrogen) atoms. The summed E-state index contributed by atoms with van der Waals surface area (Å²) < 4.78 is 0. The number of hydrogen-bond acceptors (Lipinski definition) is 3. The van der Waals surface area contributed by atoms with Gasteiger partial charge < -0.3 is 16.0 Å². The van der Waals surface area contributed by atoms with Gasteiger partial charge in [0.05, 0.1) is 6.04 Å². The van der Waals surface area contributed by atoms with Crippen LogP contribution in [0.2, 0.25) is 0 Å². The maximum absolute atomic E-state index is 12.0. The Labute approximate surface area is 118 Å². The first-order valence-electron chi connectivity index (χ1n) is 7.17. The number of nitrogens with one attached hydrogen (secondary N) is 3. The molecule has 1 heterocycles. The molecule has 1 aliphatic heterocycles. The Morgan fingerprint density at radius 1 is 1.05 bits per heavy atom. The summed E-state index contributed by atoms with van der Waals surface area (Å²) in [5, 5.41) is 8.94. The first-order valence-corrected chi connectivity index (χ1v) is 7.17. The van der Waals surface area contributed by atoms with Crippen LogP contribution in [0.15, 0.2) is 24.3 Å². The van der Waals surface area contributed by atoms with E-state index in [9.17, 15) is 9.59 Å². The monoisotopic (exact) mass is 273 g/mol. The minimum absolute atomic E-state index is 0.00632. The number of carbonyl (C=O) groups excluding carboxylic acids is 2. The number of hydrogen-bond donors (Lipinski definition) is 3. The van der Waals surface area contributed by atoms with Gasteiger partial charge in [-0.1, -0.05) is 6.07 Å². The van der Waals surface area contributed by atoms with Gasteiger partial charge in [0.2, 0.25) is 11.8 Å². The van der Waals surface area contributed by atoms with Gasteiger partial charge in [-0.15, -0.1) is 0 Å². The van der Waals surface area contributed by atoms with Crippen molar-refractivity contribution in [2.45, 2.75) is 31.7 Å². The van der Waals surface area contributed by atoms with Crippen molar-refractivity contribution in [3.05, 3.63) is 24.3 Å². The van der Waals surface area contributed by atoms with Crippen molar-refractivity contribution in [3.63, 3.8) is 0 Å². The minimum atomic E-state index is -0.0975. The van der Waals surface area contributed by atoms with Crippen molar-refractivity contribution in [1.29, 1.82) is 0 Å². The quantitative estimate of drug-likeness (QED) is 0.782. The third kappa shape index (κ3) is 3.17. The molecule has 0 aromatic heterocycles. The minimum Gasteiger partial charge on any atom is -0.326 e. The zero-order valence-corrected chi connectivity index (χ0v) is 11.3. The predicted molar refractivity (Wildman–Crippen MR) is 77.5 cm³/mol. The number of amides is 2. The summed E-state index contributed by atoms with van der Waals surface area (Å²) in [7, 11) is 0. The van der Waals surface area contributed by atoms with Crippen LogP contribution >= 0.6 is 0 Å². The maximum Gasteiger partial charge on any atom is 0.241 e. The van der Waals surface area contributed by atoms with Gasteiger partial charge in [-0.3, -0.25) is 9.59 Å². The van der Waals surface area contributed by atoms with Crippen LogP contribution in [0.25, 0.3) is 0 Å². The highest BCUT2D eigenvalue weighted by atomic mass is 16.2. The van der Waals surface area contributed by atoms with Crippen LogP contribution in [0.3, 0.4) is 0 Å². The largest absolute Gasteiger partial charge is 0.326 e. The van der Waals surface area contributed by atoms with Crippen molar-refractivity contribution in [2.24, 2.45) is 5.92 Å². The fraction of sp³-hybridized carbons (Fsp3) is 0.467. The fourth-order valence-corrected chi connectivity index (χ4v) is 2.40. The molecule has 106 valence electrons. The Hall–Kier alpha value is -1.88. The molecular weight excluding hydrogens is 254 g/mol.